The summed E-state index contributed by atoms with van der Waals surface area (Å²) in [6.07, 6.45) is 4.15. The van der Waals surface area contributed by atoms with Gasteiger partial charge in [-0.1, -0.05) is 19.1 Å². The van der Waals surface area contributed by atoms with Crippen LogP contribution in [0, 0.1) is 5.92 Å². The molecule has 2 aromatic heterocycles. The monoisotopic (exact) mass is 353 g/mol. The molecule has 0 saturated carbocycles. The average molecular weight is 353 g/mol. The number of rotatable bonds is 7. The van der Waals surface area contributed by atoms with Crippen LogP contribution in [0.5, 0.6) is 0 Å². The van der Waals surface area contributed by atoms with Gasteiger partial charge in [0, 0.05) is 38.9 Å². The number of imidazole rings is 1. The van der Waals surface area contributed by atoms with Crippen molar-refractivity contribution in [3.63, 3.8) is 0 Å². The zero-order chi connectivity index (χ0) is 17.9. The van der Waals surface area contributed by atoms with Crippen molar-refractivity contribution < 1.29 is 4.74 Å². The molecule has 0 amide bonds. The van der Waals surface area contributed by atoms with E-state index in [0.717, 1.165) is 56.1 Å². The Balaban J connectivity index is 1.44. The predicted molar refractivity (Wildman–Crippen MR) is 102 cm³/mol. The van der Waals surface area contributed by atoms with E-state index in [1.54, 1.807) is 0 Å². The van der Waals surface area contributed by atoms with E-state index in [4.69, 9.17) is 9.72 Å². The van der Waals surface area contributed by atoms with Gasteiger partial charge in [-0.25, -0.2) is 4.98 Å². The summed E-state index contributed by atoms with van der Waals surface area (Å²) in [6.45, 7) is 5.73. The third kappa shape index (κ3) is 3.27. The molecule has 2 atom stereocenters. The number of nitrogens with one attached hydrogen (secondary N) is 1. The van der Waals surface area contributed by atoms with Crippen molar-refractivity contribution in [1.29, 1.82) is 0 Å². The van der Waals surface area contributed by atoms with Gasteiger partial charge in [0.1, 0.15) is 11.9 Å². The van der Waals surface area contributed by atoms with Crippen LogP contribution in [-0.2, 0) is 24.9 Å². The molecular formula is C20H27N5O. The van der Waals surface area contributed by atoms with Crippen molar-refractivity contribution in [2.24, 2.45) is 13.0 Å². The molecule has 6 nitrogen and oxygen atoms in total. The standard InChI is InChI=1S/C20H27N5O/c1-3-11-25-17-7-5-4-6-16(17)23-19(25)14-21-13-15-9-12-26-20(15)18-8-10-22-24(18)2/h4-8,10,15,20-21H,3,9,11-14H2,1-2H3/t15-,20+/m0/s1. The minimum Gasteiger partial charge on any atom is -0.372 e. The molecule has 1 aliphatic rings. The number of para-hydroxylation sites is 2. The Morgan fingerprint density at radius 1 is 1.27 bits per heavy atom. The molecule has 0 radical (unpaired) electrons. The van der Waals surface area contributed by atoms with Gasteiger partial charge in [-0.15, -0.1) is 0 Å². The van der Waals surface area contributed by atoms with Gasteiger partial charge in [-0.3, -0.25) is 4.68 Å². The molecule has 0 bridgehead atoms. The van der Waals surface area contributed by atoms with Crippen LogP contribution in [0.4, 0.5) is 0 Å². The number of nitrogens with zero attached hydrogens (tertiary/aromatic N) is 4. The Hall–Kier alpha value is -2.18. The lowest BCUT2D eigenvalue weighted by Gasteiger charge is -2.19. The quantitative estimate of drug-likeness (QED) is 0.709. The fourth-order valence-corrected chi connectivity index (χ4v) is 3.94. The third-order valence-electron chi connectivity index (χ3n) is 5.24. The van der Waals surface area contributed by atoms with Gasteiger partial charge < -0.3 is 14.6 Å². The summed E-state index contributed by atoms with van der Waals surface area (Å²) in [6, 6.07) is 10.4. The van der Waals surface area contributed by atoms with Crippen molar-refractivity contribution in [1.82, 2.24) is 24.6 Å². The lowest BCUT2D eigenvalue weighted by atomic mass is 9.99. The summed E-state index contributed by atoms with van der Waals surface area (Å²) in [5, 5.41) is 7.90. The fourth-order valence-electron chi connectivity index (χ4n) is 3.94. The smallest absolute Gasteiger partial charge is 0.123 e. The van der Waals surface area contributed by atoms with E-state index >= 15 is 0 Å². The molecule has 1 fully saturated rings. The van der Waals surface area contributed by atoms with E-state index in [-0.39, 0.29) is 6.10 Å². The van der Waals surface area contributed by atoms with Crippen molar-refractivity contribution >= 4 is 11.0 Å². The molecule has 6 heteroatoms. The molecule has 0 unspecified atom stereocenters. The SMILES string of the molecule is CCCn1c(CNC[C@@H]2CCO[C@H]2c2ccnn2C)nc2ccccc21. The maximum Gasteiger partial charge on any atom is 0.123 e. The number of fused-ring (bicyclic) bond motifs is 1. The molecule has 3 heterocycles. The van der Waals surface area contributed by atoms with E-state index < -0.39 is 0 Å². The van der Waals surface area contributed by atoms with Crippen molar-refractivity contribution in [3.05, 3.63) is 48.0 Å². The van der Waals surface area contributed by atoms with Crippen LogP contribution in [0.2, 0.25) is 0 Å². The fraction of sp³-hybridized carbons (Fsp3) is 0.500. The lowest BCUT2D eigenvalue weighted by Crippen LogP contribution is -2.26. The Labute approximate surface area is 154 Å². The number of hydrogen-bond acceptors (Lipinski definition) is 4. The van der Waals surface area contributed by atoms with Gasteiger partial charge in [-0.05, 0) is 31.0 Å². The molecule has 0 aliphatic carbocycles. The summed E-state index contributed by atoms with van der Waals surface area (Å²) in [5.74, 6) is 1.58. The number of ether oxygens (including phenoxy) is 1. The first kappa shape index (κ1) is 17.2. The van der Waals surface area contributed by atoms with Gasteiger partial charge >= 0.3 is 0 Å². The normalized spacial score (nSPS) is 20.2. The highest BCUT2D eigenvalue weighted by atomic mass is 16.5. The highest BCUT2D eigenvalue weighted by Gasteiger charge is 2.31. The first-order valence-corrected chi connectivity index (χ1v) is 9.52. The van der Waals surface area contributed by atoms with Gasteiger partial charge in [0.15, 0.2) is 0 Å². The molecule has 138 valence electrons. The Morgan fingerprint density at radius 3 is 2.96 bits per heavy atom. The van der Waals surface area contributed by atoms with E-state index in [1.165, 1.54) is 5.52 Å². The molecule has 1 aromatic carbocycles. The van der Waals surface area contributed by atoms with Crippen molar-refractivity contribution in [2.45, 2.75) is 39.0 Å². The second-order valence-electron chi connectivity index (χ2n) is 7.02. The number of hydrogen-bond donors (Lipinski definition) is 1. The summed E-state index contributed by atoms with van der Waals surface area (Å²) < 4.78 is 10.2. The van der Waals surface area contributed by atoms with E-state index in [0.29, 0.717) is 5.92 Å². The van der Waals surface area contributed by atoms with Gasteiger partial charge in [0.2, 0.25) is 0 Å². The van der Waals surface area contributed by atoms with Crippen LogP contribution in [0.25, 0.3) is 11.0 Å². The van der Waals surface area contributed by atoms with E-state index in [2.05, 4.69) is 52.2 Å². The van der Waals surface area contributed by atoms with Crippen molar-refractivity contribution in [2.75, 3.05) is 13.2 Å². The predicted octanol–water partition coefficient (Wildman–Crippen LogP) is 3.05. The van der Waals surface area contributed by atoms with Gasteiger partial charge in [-0.2, -0.15) is 5.10 Å². The van der Waals surface area contributed by atoms with Crippen molar-refractivity contribution in [3.8, 4) is 0 Å². The minimum absolute atomic E-state index is 0.129. The summed E-state index contributed by atoms with van der Waals surface area (Å²) in [5.41, 5.74) is 3.46. The summed E-state index contributed by atoms with van der Waals surface area (Å²) >= 11 is 0. The van der Waals surface area contributed by atoms with Crippen LogP contribution in [0.15, 0.2) is 36.5 Å². The van der Waals surface area contributed by atoms with Crippen LogP contribution < -0.4 is 5.32 Å². The number of aryl methyl sites for hydroxylation is 2. The largest absolute Gasteiger partial charge is 0.372 e. The minimum atomic E-state index is 0.129. The van der Waals surface area contributed by atoms with Crippen LogP contribution >= 0.6 is 0 Å². The second kappa shape index (κ2) is 7.60. The number of benzene rings is 1. The first-order chi connectivity index (χ1) is 12.8. The second-order valence-corrected chi connectivity index (χ2v) is 7.02. The molecule has 1 aliphatic heterocycles. The Morgan fingerprint density at radius 2 is 2.15 bits per heavy atom. The van der Waals surface area contributed by atoms with E-state index in [1.807, 2.05) is 17.9 Å². The zero-order valence-corrected chi connectivity index (χ0v) is 15.6. The lowest BCUT2D eigenvalue weighted by molar-refractivity contribution is 0.0837. The maximum atomic E-state index is 5.98. The zero-order valence-electron chi connectivity index (χ0n) is 15.6. The van der Waals surface area contributed by atoms with Crippen LogP contribution in [0.1, 0.15) is 37.4 Å². The summed E-state index contributed by atoms with van der Waals surface area (Å²) in [4.78, 5) is 4.83. The molecule has 26 heavy (non-hydrogen) atoms. The van der Waals surface area contributed by atoms with E-state index in [9.17, 15) is 0 Å². The van der Waals surface area contributed by atoms with Crippen LogP contribution in [0.3, 0.4) is 0 Å². The topological polar surface area (TPSA) is 56.9 Å². The molecular weight excluding hydrogens is 326 g/mol. The Bertz CT molecular complexity index is 868. The van der Waals surface area contributed by atoms with Gasteiger partial charge in [0.25, 0.3) is 0 Å². The summed E-state index contributed by atoms with van der Waals surface area (Å²) in [7, 11) is 1.98. The highest BCUT2D eigenvalue weighted by molar-refractivity contribution is 5.75. The number of aromatic nitrogens is 4. The third-order valence-corrected chi connectivity index (χ3v) is 5.24. The van der Waals surface area contributed by atoms with Gasteiger partial charge in [0.05, 0.1) is 23.3 Å². The van der Waals surface area contributed by atoms with Crippen LogP contribution in [-0.4, -0.2) is 32.5 Å². The molecule has 0 spiro atoms. The Kier molecular flexibility index (Phi) is 5.04. The first-order valence-electron chi connectivity index (χ1n) is 9.52. The molecule has 1 N–H and O–H groups in total. The average Bonchev–Trinajstić information content (AvgIpc) is 3.35. The highest BCUT2D eigenvalue weighted by Crippen LogP contribution is 2.33. The molecule has 3 aromatic rings. The maximum absolute atomic E-state index is 5.98. The molecule has 1 saturated heterocycles. The molecule has 4 rings (SSSR count).